The third-order valence-electron chi connectivity index (χ3n) is 2.60. The van der Waals surface area contributed by atoms with E-state index in [1.165, 1.54) is 33.5 Å². The van der Waals surface area contributed by atoms with E-state index in [4.69, 9.17) is 14.2 Å². The Morgan fingerprint density at radius 1 is 0.778 bits per heavy atom. The zero-order valence-electron chi connectivity index (χ0n) is 10.5. The van der Waals surface area contributed by atoms with E-state index in [9.17, 15) is 15.3 Å². The molecule has 1 aromatic rings. The van der Waals surface area contributed by atoms with Gasteiger partial charge in [-0.25, -0.2) is 0 Å². The molecule has 0 spiro atoms. The normalized spacial score (nSPS) is 16.3. The largest absolute Gasteiger partial charge is 0.364 e. The average Bonchev–Trinajstić information content (AvgIpc) is 2.43. The van der Waals surface area contributed by atoms with Crippen LogP contribution in [-0.4, -0.2) is 36.6 Å². The molecule has 1 rings (SSSR count). The summed E-state index contributed by atoms with van der Waals surface area (Å²) in [5, 5.41) is 28.9. The van der Waals surface area contributed by atoms with Crippen molar-refractivity contribution in [2.75, 3.05) is 21.3 Å². The number of methoxy groups -OCH3 is 3. The molecule has 0 heterocycles. The van der Waals surface area contributed by atoms with Gasteiger partial charge in [-0.3, -0.25) is 0 Å². The van der Waals surface area contributed by atoms with E-state index in [-0.39, 0.29) is 0 Å². The predicted octanol–water partition coefficient (Wildman–Crippen LogP) is 0.599. The van der Waals surface area contributed by atoms with Gasteiger partial charge < -0.3 is 29.5 Å². The zero-order chi connectivity index (χ0) is 13.7. The lowest BCUT2D eigenvalue weighted by molar-refractivity contribution is -0.0971. The van der Waals surface area contributed by atoms with E-state index in [1.54, 1.807) is 6.07 Å². The lowest BCUT2D eigenvalue weighted by Crippen LogP contribution is -2.11. The molecule has 102 valence electrons. The van der Waals surface area contributed by atoms with Crippen LogP contribution in [0.2, 0.25) is 0 Å². The van der Waals surface area contributed by atoms with Crippen LogP contribution in [0.1, 0.15) is 35.6 Å². The molecule has 0 aliphatic rings. The molecule has 0 aromatic heterocycles. The molecule has 0 aliphatic heterocycles. The fraction of sp³-hybridized carbons (Fsp3) is 0.500. The molecule has 3 N–H and O–H groups in total. The highest BCUT2D eigenvalue weighted by molar-refractivity contribution is 5.34. The number of rotatable bonds is 6. The van der Waals surface area contributed by atoms with E-state index < -0.39 is 18.9 Å². The summed E-state index contributed by atoms with van der Waals surface area (Å²) in [6.45, 7) is 0. The van der Waals surface area contributed by atoms with Gasteiger partial charge >= 0.3 is 0 Å². The van der Waals surface area contributed by atoms with Gasteiger partial charge in [0.05, 0.1) is 0 Å². The monoisotopic (exact) mass is 258 g/mol. The van der Waals surface area contributed by atoms with Crippen LogP contribution in [0.15, 0.2) is 18.2 Å². The van der Waals surface area contributed by atoms with Gasteiger partial charge in [0.2, 0.25) is 0 Å². The average molecular weight is 258 g/mol. The number of aliphatic hydroxyl groups is 3. The first-order valence-electron chi connectivity index (χ1n) is 5.31. The lowest BCUT2D eigenvalue weighted by Gasteiger charge is -2.19. The fourth-order valence-corrected chi connectivity index (χ4v) is 1.58. The van der Waals surface area contributed by atoms with Gasteiger partial charge in [-0.05, 0) is 6.07 Å². The smallest absolute Gasteiger partial charge is 0.181 e. The second kappa shape index (κ2) is 6.79. The molecule has 0 radical (unpaired) electrons. The van der Waals surface area contributed by atoms with Crippen molar-refractivity contribution in [1.29, 1.82) is 0 Å². The van der Waals surface area contributed by atoms with E-state index >= 15 is 0 Å². The third kappa shape index (κ3) is 3.26. The Kier molecular flexibility index (Phi) is 5.67. The summed E-state index contributed by atoms with van der Waals surface area (Å²) in [4.78, 5) is 0. The Morgan fingerprint density at radius 2 is 1.28 bits per heavy atom. The summed E-state index contributed by atoms with van der Waals surface area (Å²) < 4.78 is 14.4. The molecule has 18 heavy (non-hydrogen) atoms. The molecular weight excluding hydrogens is 240 g/mol. The third-order valence-corrected chi connectivity index (χ3v) is 2.60. The summed E-state index contributed by atoms with van der Waals surface area (Å²) >= 11 is 0. The van der Waals surface area contributed by atoms with Gasteiger partial charge in [-0.2, -0.15) is 0 Å². The molecule has 1 aromatic carbocycles. The van der Waals surface area contributed by atoms with Gasteiger partial charge in [-0.1, -0.05) is 12.1 Å². The predicted molar refractivity (Wildman–Crippen MR) is 62.3 cm³/mol. The van der Waals surface area contributed by atoms with Crippen LogP contribution < -0.4 is 0 Å². The Labute approximate surface area is 105 Å². The van der Waals surface area contributed by atoms with Gasteiger partial charge in [-0.15, -0.1) is 0 Å². The van der Waals surface area contributed by atoms with E-state index in [1.807, 2.05) is 0 Å². The zero-order valence-corrected chi connectivity index (χ0v) is 10.5. The minimum absolute atomic E-state index is 0.306. The van der Waals surface area contributed by atoms with Crippen molar-refractivity contribution in [3.05, 3.63) is 34.9 Å². The molecule has 0 fully saturated rings. The molecule has 3 unspecified atom stereocenters. The van der Waals surface area contributed by atoms with Crippen LogP contribution in [0.25, 0.3) is 0 Å². The van der Waals surface area contributed by atoms with Gasteiger partial charge in [0.1, 0.15) is 0 Å². The van der Waals surface area contributed by atoms with Crippen LogP contribution in [-0.2, 0) is 14.2 Å². The number of benzene rings is 1. The van der Waals surface area contributed by atoms with Crippen LogP contribution in [0.5, 0.6) is 0 Å². The van der Waals surface area contributed by atoms with Crippen LogP contribution in [0, 0.1) is 0 Å². The summed E-state index contributed by atoms with van der Waals surface area (Å²) in [5.74, 6) is 0. The van der Waals surface area contributed by atoms with E-state index in [0.717, 1.165) is 0 Å². The number of hydrogen-bond acceptors (Lipinski definition) is 6. The highest BCUT2D eigenvalue weighted by Crippen LogP contribution is 2.28. The van der Waals surface area contributed by atoms with Crippen LogP contribution >= 0.6 is 0 Å². The quantitative estimate of drug-likeness (QED) is 0.647. The highest BCUT2D eigenvalue weighted by atomic mass is 16.6. The van der Waals surface area contributed by atoms with Crippen LogP contribution in [0.4, 0.5) is 0 Å². The molecule has 0 saturated heterocycles. The number of ether oxygens (including phenoxy) is 3. The molecule has 0 aliphatic carbocycles. The first kappa shape index (κ1) is 15.0. The summed E-state index contributed by atoms with van der Waals surface area (Å²) in [6, 6.07) is 4.58. The minimum Gasteiger partial charge on any atom is -0.364 e. The summed E-state index contributed by atoms with van der Waals surface area (Å²) in [6.07, 6.45) is -3.52. The minimum atomic E-state index is -1.23. The first-order valence-corrected chi connectivity index (χ1v) is 5.31. The van der Waals surface area contributed by atoms with Crippen molar-refractivity contribution in [1.82, 2.24) is 0 Å². The Morgan fingerprint density at radius 3 is 1.78 bits per heavy atom. The van der Waals surface area contributed by atoms with Crippen molar-refractivity contribution in [3.8, 4) is 0 Å². The molecule has 3 atom stereocenters. The van der Waals surface area contributed by atoms with Crippen molar-refractivity contribution < 1.29 is 29.5 Å². The van der Waals surface area contributed by atoms with Crippen LogP contribution in [0.3, 0.4) is 0 Å². The standard InChI is InChI=1S/C12H18O6/c1-16-10(13)7-4-5-8(11(14)17-2)9(6-7)12(15)18-3/h4-6,10-15H,1-3H3. The molecule has 0 amide bonds. The summed E-state index contributed by atoms with van der Waals surface area (Å²) in [7, 11) is 4.02. The maximum atomic E-state index is 9.72. The Balaban J connectivity index is 3.20. The van der Waals surface area contributed by atoms with Gasteiger partial charge in [0.25, 0.3) is 0 Å². The van der Waals surface area contributed by atoms with Crippen molar-refractivity contribution >= 4 is 0 Å². The maximum absolute atomic E-state index is 9.72. The molecule has 6 nitrogen and oxygen atoms in total. The van der Waals surface area contributed by atoms with Gasteiger partial charge in [0.15, 0.2) is 18.9 Å². The van der Waals surface area contributed by atoms with E-state index in [2.05, 4.69) is 0 Å². The van der Waals surface area contributed by atoms with Crippen molar-refractivity contribution in [2.45, 2.75) is 18.9 Å². The maximum Gasteiger partial charge on any atom is 0.181 e. The second-order valence-electron chi connectivity index (χ2n) is 3.65. The van der Waals surface area contributed by atoms with Gasteiger partial charge in [0, 0.05) is 38.0 Å². The number of aliphatic hydroxyl groups excluding tert-OH is 3. The van der Waals surface area contributed by atoms with Crippen molar-refractivity contribution in [3.63, 3.8) is 0 Å². The Bertz CT molecular complexity index is 381. The first-order chi connectivity index (χ1) is 8.54. The Hall–Kier alpha value is -1.02. The number of hydrogen-bond donors (Lipinski definition) is 3. The highest BCUT2D eigenvalue weighted by Gasteiger charge is 2.19. The fourth-order valence-electron chi connectivity index (χ4n) is 1.58. The topological polar surface area (TPSA) is 88.4 Å². The molecule has 6 heteroatoms. The van der Waals surface area contributed by atoms with E-state index in [0.29, 0.717) is 16.7 Å². The lowest BCUT2D eigenvalue weighted by atomic mass is 10.0. The SMILES string of the molecule is COC(O)c1ccc(C(O)OC)c(C(O)OC)c1. The summed E-state index contributed by atoms with van der Waals surface area (Å²) in [5.41, 5.74) is 1.11. The molecule has 0 saturated carbocycles. The molecule has 0 bridgehead atoms. The van der Waals surface area contributed by atoms with Crippen molar-refractivity contribution in [2.24, 2.45) is 0 Å². The molecular formula is C12H18O6. The second-order valence-corrected chi connectivity index (χ2v) is 3.65.